The van der Waals surface area contributed by atoms with Crippen LogP contribution in [-0.2, 0) is 6.61 Å². The van der Waals surface area contributed by atoms with Crippen molar-refractivity contribution in [1.82, 2.24) is 4.98 Å². The number of pyridine rings is 1. The molecule has 2 aromatic rings. The first-order chi connectivity index (χ1) is 9.79. The summed E-state index contributed by atoms with van der Waals surface area (Å²) >= 11 is 0. The number of aliphatic hydroxyl groups excluding tert-OH is 1. The second kappa shape index (κ2) is 7.32. The lowest BCUT2D eigenvalue weighted by atomic mass is 10.1. The van der Waals surface area contributed by atoms with E-state index in [4.69, 9.17) is 9.84 Å². The summed E-state index contributed by atoms with van der Waals surface area (Å²) < 4.78 is 5.78. The molecule has 0 amide bonds. The van der Waals surface area contributed by atoms with Crippen molar-refractivity contribution in [2.45, 2.75) is 20.0 Å². The quantitative estimate of drug-likeness (QED) is 0.866. The van der Waals surface area contributed by atoms with Crippen LogP contribution in [0, 0.1) is 18.8 Å². The normalized spacial score (nSPS) is 9.70. The van der Waals surface area contributed by atoms with E-state index in [1.165, 1.54) is 0 Å². The largest absolute Gasteiger partial charge is 0.486 e. The van der Waals surface area contributed by atoms with Gasteiger partial charge in [-0.05, 0) is 36.8 Å². The lowest BCUT2D eigenvalue weighted by molar-refractivity contribution is 0.300. The Bertz CT molecular complexity index is 612. The maximum Gasteiger partial charge on any atom is 0.135 e. The number of aliphatic hydroxyl groups is 1. The highest BCUT2D eigenvalue weighted by molar-refractivity contribution is 5.48. The third kappa shape index (κ3) is 4.11. The Morgan fingerprint density at radius 2 is 2.15 bits per heavy atom. The Labute approximate surface area is 119 Å². The number of benzene rings is 1. The minimum atomic E-state index is 0.0724. The molecule has 20 heavy (non-hydrogen) atoms. The average Bonchev–Trinajstić information content (AvgIpc) is 2.48. The van der Waals surface area contributed by atoms with E-state index in [2.05, 4.69) is 16.8 Å². The van der Waals surface area contributed by atoms with Gasteiger partial charge >= 0.3 is 0 Å². The molecular formula is C17H17NO2. The molecule has 1 aromatic heterocycles. The van der Waals surface area contributed by atoms with E-state index in [0.717, 1.165) is 22.6 Å². The summed E-state index contributed by atoms with van der Waals surface area (Å²) in [6, 6.07) is 11.6. The highest BCUT2D eigenvalue weighted by atomic mass is 16.5. The lowest BCUT2D eigenvalue weighted by Gasteiger charge is -2.08. The Kier molecular flexibility index (Phi) is 5.16. The summed E-state index contributed by atoms with van der Waals surface area (Å²) in [6.45, 7) is 2.50. The fourth-order valence-electron chi connectivity index (χ4n) is 1.72. The van der Waals surface area contributed by atoms with Crippen molar-refractivity contribution in [2.75, 3.05) is 6.61 Å². The summed E-state index contributed by atoms with van der Waals surface area (Å²) in [7, 11) is 0. The highest BCUT2D eigenvalue weighted by Gasteiger charge is 2.03. The molecule has 1 aromatic carbocycles. The van der Waals surface area contributed by atoms with Crippen LogP contribution in [-0.4, -0.2) is 16.7 Å². The molecule has 0 unspecified atom stereocenters. The molecule has 1 heterocycles. The molecule has 0 atom stereocenters. The first kappa shape index (κ1) is 14.1. The number of rotatable bonds is 4. The van der Waals surface area contributed by atoms with E-state index in [1.54, 1.807) is 6.20 Å². The highest BCUT2D eigenvalue weighted by Crippen LogP contribution is 2.20. The molecule has 0 saturated carbocycles. The summed E-state index contributed by atoms with van der Waals surface area (Å²) in [5.74, 6) is 6.70. The summed E-state index contributed by atoms with van der Waals surface area (Å²) in [5, 5.41) is 8.78. The molecule has 1 N–H and O–H groups in total. The molecule has 0 aliphatic rings. The zero-order chi connectivity index (χ0) is 14.2. The standard InChI is InChI=1S/C17H17NO2/c1-14-8-9-17(15(12-14)6-3-5-11-19)20-13-16-7-2-4-10-18-16/h2,4,7-10,12,19H,5,11,13H2,1H3. The van der Waals surface area contributed by atoms with Gasteiger partial charge in [0, 0.05) is 12.6 Å². The van der Waals surface area contributed by atoms with Crippen LogP contribution < -0.4 is 4.74 Å². The SMILES string of the molecule is Cc1ccc(OCc2ccccn2)c(C#CCCO)c1. The maximum absolute atomic E-state index is 8.78. The van der Waals surface area contributed by atoms with Crippen LogP contribution in [0.15, 0.2) is 42.6 Å². The van der Waals surface area contributed by atoms with Crippen molar-refractivity contribution in [3.05, 3.63) is 59.4 Å². The van der Waals surface area contributed by atoms with Crippen LogP contribution in [0.3, 0.4) is 0 Å². The Balaban J connectivity index is 2.13. The number of hydrogen-bond acceptors (Lipinski definition) is 3. The van der Waals surface area contributed by atoms with E-state index in [1.807, 2.05) is 43.3 Å². The Hall–Kier alpha value is -2.31. The van der Waals surface area contributed by atoms with Gasteiger partial charge in [0.05, 0.1) is 17.9 Å². The number of aromatic nitrogens is 1. The monoisotopic (exact) mass is 267 g/mol. The third-order valence-electron chi connectivity index (χ3n) is 2.70. The predicted octanol–water partition coefficient (Wildman–Crippen LogP) is 2.70. The van der Waals surface area contributed by atoms with Crippen LogP contribution in [0.1, 0.15) is 23.2 Å². The Morgan fingerprint density at radius 1 is 1.25 bits per heavy atom. The van der Waals surface area contributed by atoms with Gasteiger partial charge in [-0.15, -0.1) is 0 Å². The molecule has 0 aliphatic heterocycles. The molecule has 102 valence electrons. The zero-order valence-electron chi connectivity index (χ0n) is 11.5. The number of hydrogen-bond donors (Lipinski definition) is 1. The van der Waals surface area contributed by atoms with Gasteiger partial charge in [0.25, 0.3) is 0 Å². The zero-order valence-corrected chi connectivity index (χ0v) is 11.5. The van der Waals surface area contributed by atoms with Gasteiger partial charge in [0.2, 0.25) is 0 Å². The second-order valence-electron chi connectivity index (χ2n) is 4.38. The van der Waals surface area contributed by atoms with Gasteiger partial charge < -0.3 is 9.84 Å². The molecule has 3 nitrogen and oxygen atoms in total. The molecule has 0 spiro atoms. The maximum atomic E-state index is 8.78. The summed E-state index contributed by atoms with van der Waals surface area (Å²) in [4.78, 5) is 4.22. The van der Waals surface area contributed by atoms with E-state index >= 15 is 0 Å². The molecule has 0 bridgehead atoms. The van der Waals surface area contributed by atoms with Crippen LogP contribution >= 0.6 is 0 Å². The molecule has 0 saturated heterocycles. The van der Waals surface area contributed by atoms with Gasteiger partial charge in [-0.2, -0.15) is 0 Å². The van der Waals surface area contributed by atoms with Gasteiger partial charge in [0.15, 0.2) is 0 Å². The topological polar surface area (TPSA) is 42.4 Å². The molecule has 0 fully saturated rings. The molecule has 0 radical (unpaired) electrons. The van der Waals surface area contributed by atoms with Crippen LogP contribution in [0.5, 0.6) is 5.75 Å². The fourth-order valence-corrected chi connectivity index (χ4v) is 1.72. The van der Waals surface area contributed by atoms with Crippen LogP contribution in [0.25, 0.3) is 0 Å². The summed E-state index contributed by atoms with van der Waals surface area (Å²) in [5.41, 5.74) is 2.85. The van der Waals surface area contributed by atoms with Gasteiger partial charge in [-0.25, -0.2) is 0 Å². The number of ether oxygens (including phenoxy) is 1. The van der Waals surface area contributed by atoms with E-state index in [9.17, 15) is 0 Å². The van der Waals surface area contributed by atoms with E-state index in [0.29, 0.717) is 13.0 Å². The molecular weight excluding hydrogens is 250 g/mol. The Morgan fingerprint density at radius 3 is 2.90 bits per heavy atom. The van der Waals surface area contributed by atoms with Crippen molar-refractivity contribution in [3.63, 3.8) is 0 Å². The molecule has 3 heteroatoms. The van der Waals surface area contributed by atoms with Crippen LogP contribution in [0.2, 0.25) is 0 Å². The van der Waals surface area contributed by atoms with Gasteiger partial charge in [-0.3, -0.25) is 4.98 Å². The van der Waals surface area contributed by atoms with Crippen molar-refractivity contribution in [3.8, 4) is 17.6 Å². The molecule has 0 aliphatic carbocycles. The second-order valence-corrected chi connectivity index (χ2v) is 4.38. The first-order valence-corrected chi connectivity index (χ1v) is 6.52. The van der Waals surface area contributed by atoms with Crippen molar-refractivity contribution in [2.24, 2.45) is 0 Å². The van der Waals surface area contributed by atoms with Crippen molar-refractivity contribution in [1.29, 1.82) is 0 Å². The summed E-state index contributed by atoms with van der Waals surface area (Å²) in [6.07, 6.45) is 2.21. The van der Waals surface area contributed by atoms with Gasteiger partial charge in [0.1, 0.15) is 12.4 Å². The first-order valence-electron chi connectivity index (χ1n) is 6.52. The minimum absolute atomic E-state index is 0.0724. The van der Waals surface area contributed by atoms with E-state index in [-0.39, 0.29) is 6.61 Å². The number of aryl methyl sites for hydroxylation is 1. The third-order valence-corrected chi connectivity index (χ3v) is 2.70. The van der Waals surface area contributed by atoms with Crippen molar-refractivity contribution >= 4 is 0 Å². The smallest absolute Gasteiger partial charge is 0.135 e. The van der Waals surface area contributed by atoms with Crippen molar-refractivity contribution < 1.29 is 9.84 Å². The number of nitrogens with zero attached hydrogens (tertiary/aromatic N) is 1. The van der Waals surface area contributed by atoms with Gasteiger partial charge in [-0.1, -0.05) is 24.0 Å². The minimum Gasteiger partial charge on any atom is -0.486 e. The van der Waals surface area contributed by atoms with Crippen LogP contribution in [0.4, 0.5) is 0 Å². The predicted molar refractivity (Wildman–Crippen MR) is 78.3 cm³/mol. The lowest BCUT2D eigenvalue weighted by Crippen LogP contribution is -1.99. The fraction of sp³-hybridized carbons (Fsp3) is 0.235. The molecule has 2 rings (SSSR count). The van der Waals surface area contributed by atoms with E-state index < -0.39 is 0 Å². The average molecular weight is 267 g/mol.